The number of halogens is 3. The summed E-state index contributed by atoms with van der Waals surface area (Å²) in [5.41, 5.74) is -0.587. The zero-order valence-corrected chi connectivity index (χ0v) is 16.9. The standard InChI is InChI=1S/C19H17F2IN2O4/c1-2-28-19(27)13(9-23-10-16(25)15-5-3-4-6-24-15)18(26)12-7-11(22)8-14(20)17(12)21/h3-9,16,25-26H,2,10H2,1H3. The third-order valence-corrected chi connectivity index (χ3v) is 4.15. The fourth-order valence-corrected chi connectivity index (χ4v) is 2.79. The number of aromatic nitrogens is 1. The van der Waals surface area contributed by atoms with Gasteiger partial charge in [0.1, 0.15) is 17.4 Å². The second-order valence-corrected chi connectivity index (χ2v) is 6.74. The maximum Gasteiger partial charge on any atom is 0.343 e. The third kappa shape index (κ3) is 5.55. The molecule has 0 spiro atoms. The monoisotopic (exact) mass is 502 g/mol. The van der Waals surface area contributed by atoms with Crippen molar-refractivity contribution in [3.63, 3.8) is 0 Å². The summed E-state index contributed by atoms with van der Waals surface area (Å²) in [4.78, 5) is 20.1. The van der Waals surface area contributed by atoms with Crippen LogP contribution in [0.2, 0.25) is 0 Å². The highest BCUT2D eigenvalue weighted by molar-refractivity contribution is 14.1. The van der Waals surface area contributed by atoms with Gasteiger partial charge in [0.25, 0.3) is 0 Å². The number of rotatable bonds is 7. The van der Waals surface area contributed by atoms with Crippen molar-refractivity contribution in [3.05, 3.63) is 68.6 Å². The fourth-order valence-electron chi connectivity index (χ4n) is 2.20. The molecule has 9 heteroatoms. The molecule has 0 saturated carbocycles. The first-order valence-corrected chi connectivity index (χ1v) is 9.27. The molecule has 0 radical (unpaired) electrons. The molecule has 0 fully saturated rings. The van der Waals surface area contributed by atoms with Crippen LogP contribution >= 0.6 is 22.6 Å². The Morgan fingerprint density at radius 1 is 1.39 bits per heavy atom. The van der Waals surface area contributed by atoms with Crippen LogP contribution in [0.3, 0.4) is 0 Å². The van der Waals surface area contributed by atoms with Gasteiger partial charge in [0.15, 0.2) is 11.6 Å². The van der Waals surface area contributed by atoms with E-state index in [-0.39, 0.29) is 13.2 Å². The molecule has 148 valence electrons. The van der Waals surface area contributed by atoms with E-state index in [1.807, 2.05) is 0 Å². The molecule has 0 amide bonds. The number of benzene rings is 1. The van der Waals surface area contributed by atoms with Gasteiger partial charge in [-0.1, -0.05) is 6.07 Å². The quantitative estimate of drug-likeness (QED) is 0.151. The molecule has 1 unspecified atom stereocenters. The average Bonchev–Trinajstić information content (AvgIpc) is 2.68. The van der Waals surface area contributed by atoms with Crippen molar-refractivity contribution in [3.8, 4) is 0 Å². The van der Waals surface area contributed by atoms with Gasteiger partial charge in [-0.25, -0.2) is 13.6 Å². The summed E-state index contributed by atoms with van der Waals surface area (Å²) in [6.07, 6.45) is 1.41. The van der Waals surface area contributed by atoms with Gasteiger partial charge >= 0.3 is 5.97 Å². The highest BCUT2D eigenvalue weighted by Crippen LogP contribution is 2.24. The van der Waals surface area contributed by atoms with Gasteiger partial charge in [0.05, 0.1) is 24.4 Å². The second kappa shape index (κ2) is 10.2. The summed E-state index contributed by atoms with van der Waals surface area (Å²) in [6.45, 7) is 1.39. The van der Waals surface area contributed by atoms with Crippen molar-refractivity contribution in [1.82, 2.24) is 4.98 Å². The summed E-state index contributed by atoms with van der Waals surface area (Å²) < 4.78 is 32.9. The Bertz CT molecular complexity index is 904. The third-order valence-electron chi connectivity index (χ3n) is 3.53. The van der Waals surface area contributed by atoms with E-state index in [0.29, 0.717) is 9.26 Å². The minimum absolute atomic E-state index is 0.00316. The first-order valence-electron chi connectivity index (χ1n) is 8.19. The van der Waals surface area contributed by atoms with Gasteiger partial charge in [0, 0.05) is 16.0 Å². The lowest BCUT2D eigenvalue weighted by atomic mass is 10.1. The zero-order chi connectivity index (χ0) is 20.7. The topological polar surface area (TPSA) is 92.0 Å². The molecule has 6 nitrogen and oxygen atoms in total. The first kappa shape index (κ1) is 21.9. The van der Waals surface area contributed by atoms with Crippen LogP contribution in [-0.2, 0) is 9.53 Å². The smallest absolute Gasteiger partial charge is 0.343 e. The number of hydrogen-bond donors (Lipinski definition) is 2. The number of hydrogen-bond acceptors (Lipinski definition) is 6. The summed E-state index contributed by atoms with van der Waals surface area (Å²) in [5, 5.41) is 20.5. The Morgan fingerprint density at radius 2 is 2.14 bits per heavy atom. The van der Waals surface area contributed by atoms with E-state index >= 15 is 0 Å². The predicted molar refractivity (Wildman–Crippen MR) is 108 cm³/mol. The highest BCUT2D eigenvalue weighted by atomic mass is 127. The van der Waals surface area contributed by atoms with E-state index in [1.54, 1.807) is 47.7 Å². The lowest BCUT2D eigenvalue weighted by Gasteiger charge is -2.10. The Morgan fingerprint density at radius 3 is 2.79 bits per heavy atom. The fraction of sp³-hybridized carbons (Fsp3) is 0.211. The van der Waals surface area contributed by atoms with E-state index < -0.39 is 40.6 Å². The van der Waals surface area contributed by atoms with Crippen LogP contribution < -0.4 is 0 Å². The van der Waals surface area contributed by atoms with Gasteiger partial charge < -0.3 is 14.9 Å². The van der Waals surface area contributed by atoms with Crippen molar-refractivity contribution in [2.75, 3.05) is 13.2 Å². The summed E-state index contributed by atoms with van der Waals surface area (Å²) in [5.74, 6) is -4.25. The lowest BCUT2D eigenvalue weighted by Crippen LogP contribution is -2.13. The molecule has 1 heterocycles. The molecule has 0 bridgehead atoms. The number of carbonyl (C=O) groups is 1. The van der Waals surface area contributed by atoms with Crippen molar-refractivity contribution in [2.24, 2.45) is 4.99 Å². The second-order valence-electron chi connectivity index (χ2n) is 5.50. The molecular weight excluding hydrogens is 485 g/mol. The van der Waals surface area contributed by atoms with Gasteiger partial charge in [-0.3, -0.25) is 9.98 Å². The number of aliphatic hydroxyl groups excluding tert-OH is 2. The van der Waals surface area contributed by atoms with E-state index in [0.717, 1.165) is 12.3 Å². The molecule has 2 N–H and O–H groups in total. The van der Waals surface area contributed by atoms with Crippen LogP contribution in [0.4, 0.5) is 8.78 Å². The lowest BCUT2D eigenvalue weighted by molar-refractivity contribution is -0.137. The molecular formula is C19H17F2IN2O4. The maximum absolute atomic E-state index is 14.1. The minimum atomic E-state index is -1.30. The molecule has 2 rings (SSSR count). The number of aliphatic imine (C=N–C) groups is 1. The van der Waals surface area contributed by atoms with E-state index in [9.17, 15) is 23.8 Å². The number of aliphatic hydroxyl groups is 2. The molecule has 28 heavy (non-hydrogen) atoms. The molecule has 1 aromatic carbocycles. The van der Waals surface area contributed by atoms with Crippen molar-refractivity contribution >= 4 is 40.5 Å². The molecule has 0 saturated heterocycles. The molecule has 1 atom stereocenters. The first-order chi connectivity index (χ1) is 13.3. The van der Waals surface area contributed by atoms with Crippen molar-refractivity contribution in [1.29, 1.82) is 0 Å². The van der Waals surface area contributed by atoms with Gasteiger partial charge in [-0.05, 0) is 53.8 Å². The number of pyridine rings is 1. The van der Waals surface area contributed by atoms with Crippen LogP contribution in [-0.4, -0.2) is 40.5 Å². The Balaban J connectivity index is 2.36. The summed E-state index contributed by atoms with van der Waals surface area (Å²) in [6, 6.07) is 7.12. The van der Waals surface area contributed by atoms with Crippen LogP contribution in [0.1, 0.15) is 24.3 Å². The van der Waals surface area contributed by atoms with Crippen molar-refractivity contribution < 1.29 is 28.5 Å². The SMILES string of the molecule is CCOC(=O)C(C=NCC(O)c1ccccn1)=C(O)c1cc(I)cc(F)c1F. The molecule has 2 aromatic rings. The molecule has 0 aliphatic heterocycles. The van der Waals surface area contributed by atoms with E-state index in [4.69, 9.17) is 4.74 Å². The number of ether oxygens (including phenoxy) is 1. The predicted octanol–water partition coefficient (Wildman–Crippen LogP) is 3.60. The summed E-state index contributed by atoms with van der Waals surface area (Å²) in [7, 11) is 0. The van der Waals surface area contributed by atoms with E-state index in [2.05, 4.69) is 9.98 Å². The largest absolute Gasteiger partial charge is 0.506 e. The Labute approximate surface area is 173 Å². The van der Waals surface area contributed by atoms with Crippen LogP contribution in [0.5, 0.6) is 0 Å². The van der Waals surface area contributed by atoms with Crippen molar-refractivity contribution in [2.45, 2.75) is 13.0 Å². The Kier molecular flexibility index (Phi) is 8.00. The summed E-state index contributed by atoms with van der Waals surface area (Å²) >= 11 is 1.75. The maximum atomic E-state index is 14.1. The minimum Gasteiger partial charge on any atom is -0.506 e. The molecule has 1 aromatic heterocycles. The van der Waals surface area contributed by atoms with Gasteiger partial charge in [-0.15, -0.1) is 0 Å². The number of nitrogens with zero attached hydrogens (tertiary/aromatic N) is 2. The molecule has 0 aliphatic carbocycles. The zero-order valence-electron chi connectivity index (χ0n) is 14.8. The Hall–Kier alpha value is -2.40. The van der Waals surface area contributed by atoms with Crippen LogP contribution in [0.15, 0.2) is 47.1 Å². The highest BCUT2D eigenvalue weighted by Gasteiger charge is 2.21. The molecule has 0 aliphatic rings. The number of carbonyl (C=O) groups excluding carboxylic acids is 1. The number of esters is 1. The van der Waals surface area contributed by atoms with Crippen LogP contribution in [0.25, 0.3) is 5.76 Å². The van der Waals surface area contributed by atoms with Crippen LogP contribution in [0, 0.1) is 15.2 Å². The van der Waals surface area contributed by atoms with E-state index in [1.165, 1.54) is 12.3 Å². The normalized spacial score (nSPS) is 13.3. The average molecular weight is 502 g/mol. The van der Waals surface area contributed by atoms with Gasteiger partial charge in [-0.2, -0.15) is 0 Å². The van der Waals surface area contributed by atoms with Gasteiger partial charge in [0.2, 0.25) is 0 Å².